The van der Waals surface area contributed by atoms with Crippen LogP contribution in [0.5, 0.6) is 0 Å². The lowest BCUT2D eigenvalue weighted by Crippen LogP contribution is -2.50. The fraction of sp³-hybridized carbons (Fsp3) is 0.686. The van der Waals surface area contributed by atoms with Gasteiger partial charge < -0.3 is 21.4 Å². The lowest BCUT2D eigenvalue weighted by Gasteiger charge is -2.39. The summed E-state index contributed by atoms with van der Waals surface area (Å²) in [5.74, 6) is -2.35. The molecule has 2 heterocycles. The number of rotatable bonds is 16. The molecule has 0 aliphatic carbocycles. The molecule has 2 aliphatic heterocycles. The number of hydrogen-bond donors (Lipinski definition) is 4. The van der Waals surface area contributed by atoms with E-state index >= 15 is 0 Å². The van der Waals surface area contributed by atoms with E-state index < -0.39 is 18.1 Å². The van der Waals surface area contributed by atoms with Gasteiger partial charge in [0, 0.05) is 53.6 Å². The number of alkyl halides is 3. The van der Waals surface area contributed by atoms with Gasteiger partial charge in [-0.1, -0.05) is 66.3 Å². The van der Waals surface area contributed by atoms with Crippen LogP contribution in [-0.4, -0.2) is 49.6 Å². The summed E-state index contributed by atoms with van der Waals surface area (Å²) in [7, 11) is 0. The summed E-state index contributed by atoms with van der Waals surface area (Å²) in [5.41, 5.74) is 1.89. The molecule has 2 rings (SSSR count). The van der Waals surface area contributed by atoms with E-state index in [1.807, 2.05) is 19.9 Å². The molecular formula is C35H54F4N6. The van der Waals surface area contributed by atoms with Crippen LogP contribution in [0.15, 0.2) is 52.8 Å². The molecule has 0 spiro atoms. The standard InChI is InChI=1S/C35H54F4N6/c1-23(2)28(20-40)19-33(6,7)15-17-42-26(5)32(25(4)34(8)14-9-16-45-34)30(41)22-43-29(12-10-24(3)35(37,38)39)18-27-11-13-31(36)44-21-27/h10,12,18-19,23-25,27,32,41-43,45H,5,9,11,13-17,21-22H2,1-4,6-8H3/b12-10-,28-19-,29-18-,41-30?/t24?,25?,27?,32?,34-/m1/s1. The molecule has 252 valence electrons. The molecule has 0 amide bonds. The number of nitriles is 1. The highest BCUT2D eigenvalue weighted by Gasteiger charge is 2.41. The SMILES string of the molecule is C=C(NCCC(C)(C)/C=C(/C#N)C(C)C)C(C(=N)CNC(/C=C\C(C)C(F)(F)F)=C\C1CCC(F)=NC1)C(C)[C@@]1(C)CCCN1. The highest BCUT2D eigenvalue weighted by atomic mass is 19.4. The average Bonchev–Trinajstić information content (AvgIpc) is 3.41. The third-order valence-electron chi connectivity index (χ3n) is 9.27. The zero-order valence-corrected chi connectivity index (χ0v) is 28.2. The van der Waals surface area contributed by atoms with Crippen molar-refractivity contribution in [2.45, 2.75) is 92.3 Å². The molecular weight excluding hydrogens is 580 g/mol. The number of halogens is 4. The van der Waals surface area contributed by atoms with Gasteiger partial charge in [-0.25, -0.2) is 0 Å². The van der Waals surface area contributed by atoms with Gasteiger partial charge in [0.2, 0.25) is 0 Å². The Kier molecular flexibility index (Phi) is 14.1. The largest absolute Gasteiger partial charge is 0.394 e. The Bertz CT molecular complexity index is 1180. The maximum absolute atomic E-state index is 13.5. The normalized spacial score (nSPS) is 23.8. The summed E-state index contributed by atoms with van der Waals surface area (Å²) in [4.78, 5) is 3.88. The molecule has 1 fully saturated rings. The van der Waals surface area contributed by atoms with Crippen LogP contribution in [0, 0.1) is 51.7 Å². The van der Waals surface area contributed by atoms with Gasteiger partial charge in [-0.3, -0.25) is 4.99 Å². The van der Waals surface area contributed by atoms with E-state index in [1.165, 1.54) is 6.08 Å². The van der Waals surface area contributed by atoms with Gasteiger partial charge in [0.05, 0.1) is 18.5 Å². The first-order valence-corrected chi connectivity index (χ1v) is 16.2. The van der Waals surface area contributed by atoms with Crippen LogP contribution in [0.2, 0.25) is 0 Å². The van der Waals surface area contributed by atoms with Crippen molar-refractivity contribution in [1.82, 2.24) is 16.0 Å². The van der Waals surface area contributed by atoms with E-state index in [0.29, 0.717) is 24.4 Å². The van der Waals surface area contributed by atoms with Crippen molar-refractivity contribution in [1.29, 1.82) is 10.7 Å². The molecule has 1 saturated heterocycles. The fourth-order valence-corrected chi connectivity index (χ4v) is 5.88. The van der Waals surface area contributed by atoms with Crippen molar-refractivity contribution in [3.63, 3.8) is 0 Å². The van der Waals surface area contributed by atoms with Crippen LogP contribution in [0.3, 0.4) is 0 Å². The van der Waals surface area contributed by atoms with Crippen LogP contribution in [0.25, 0.3) is 0 Å². The second-order valence-electron chi connectivity index (χ2n) is 14.0. The van der Waals surface area contributed by atoms with E-state index in [1.54, 1.807) is 6.08 Å². The van der Waals surface area contributed by atoms with E-state index in [4.69, 9.17) is 0 Å². The minimum absolute atomic E-state index is 0.0113. The second kappa shape index (κ2) is 16.6. The predicted octanol–water partition coefficient (Wildman–Crippen LogP) is 8.03. The first-order valence-electron chi connectivity index (χ1n) is 16.2. The van der Waals surface area contributed by atoms with Crippen LogP contribution in [-0.2, 0) is 0 Å². The van der Waals surface area contributed by atoms with Crippen molar-refractivity contribution < 1.29 is 17.6 Å². The van der Waals surface area contributed by atoms with E-state index in [2.05, 4.69) is 61.3 Å². The topological polar surface area (TPSA) is 96.1 Å². The Morgan fingerprint density at radius 3 is 2.47 bits per heavy atom. The lowest BCUT2D eigenvalue weighted by atomic mass is 9.73. The molecule has 10 heteroatoms. The average molecular weight is 635 g/mol. The van der Waals surface area contributed by atoms with E-state index in [0.717, 1.165) is 50.1 Å². The lowest BCUT2D eigenvalue weighted by molar-refractivity contribution is -0.156. The molecule has 6 nitrogen and oxygen atoms in total. The predicted molar refractivity (Wildman–Crippen MR) is 177 cm³/mol. The first-order chi connectivity index (χ1) is 20.9. The summed E-state index contributed by atoms with van der Waals surface area (Å²) >= 11 is 0. The van der Waals surface area contributed by atoms with Gasteiger partial charge in [0.1, 0.15) is 0 Å². The van der Waals surface area contributed by atoms with Gasteiger partial charge in [-0.2, -0.15) is 22.8 Å². The van der Waals surface area contributed by atoms with Crippen molar-refractivity contribution in [3.05, 3.63) is 47.9 Å². The summed E-state index contributed by atoms with van der Waals surface area (Å²) in [6.45, 7) is 19.8. The number of allylic oxidation sites excluding steroid dienone is 5. The molecule has 0 saturated carbocycles. The van der Waals surface area contributed by atoms with Gasteiger partial charge in [0.25, 0.3) is 0 Å². The van der Waals surface area contributed by atoms with Gasteiger partial charge in [-0.05, 0) is 68.4 Å². The summed E-state index contributed by atoms with van der Waals surface area (Å²) < 4.78 is 53.2. The molecule has 4 unspecified atom stereocenters. The Morgan fingerprint density at radius 2 is 1.93 bits per heavy atom. The van der Waals surface area contributed by atoms with Gasteiger partial charge in [-0.15, -0.1) is 0 Å². The summed E-state index contributed by atoms with van der Waals surface area (Å²) in [5, 5.41) is 29.0. The quantitative estimate of drug-likeness (QED) is 0.0598. The molecule has 4 N–H and O–H groups in total. The van der Waals surface area contributed by atoms with Crippen LogP contribution in [0.1, 0.15) is 80.6 Å². The molecule has 0 aromatic rings. The zero-order valence-electron chi connectivity index (χ0n) is 28.2. The molecule has 45 heavy (non-hydrogen) atoms. The number of aliphatic imine (C=N–C) groups is 1. The summed E-state index contributed by atoms with van der Waals surface area (Å²) in [6, 6.07) is 2.31. The van der Waals surface area contributed by atoms with Gasteiger partial charge >= 0.3 is 6.18 Å². The Balaban J connectivity index is 2.25. The molecule has 0 aromatic carbocycles. The fourth-order valence-electron chi connectivity index (χ4n) is 5.88. The molecule has 0 bridgehead atoms. The Labute approximate surface area is 268 Å². The molecule has 2 aliphatic rings. The highest BCUT2D eigenvalue weighted by molar-refractivity contribution is 5.88. The third kappa shape index (κ3) is 12.1. The second-order valence-corrected chi connectivity index (χ2v) is 14.0. The van der Waals surface area contributed by atoms with Crippen molar-refractivity contribution in [2.24, 2.45) is 40.0 Å². The number of hydrogen-bond acceptors (Lipinski definition) is 6. The maximum atomic E-state index is 13.5. The van der Waals surface area contributed by atoms with Crippen LogP contribution in [0.4, 0.5) is 17.6 Å². The van der Waals surface area contributed by atoms with E-state index in [-0.39, 0.29) is 54.1 Å². The van der Waals surface area contributed by atoms with Crippen LogP contribution < -0.4 is 16.0 Å². The first kappa shape index (κ1) is 38.3. The minimum atomic E-state index is -4.37. The summed E-state index contributed by atoms with van der Waals surface area (Å²) in [6.07, 6.45) is 5.46. The third-order valence-corrected chi connectivity index (χ3v) is 9.27. The Morgan fingerprint density at radius 1 is 1.24 bits per heavy atom. The van der Waals surface area contributed by atoms with E-state index in [9.17, 15) is 28.2 Å². The van der Waals surface area contributed by atoms with Crippen molar-refractivity contribution >= 4 is 11.7 Å². The zero-order chi connectivity index (χ0) is 34.0. The van der Waals surface area contributed by atoms with Crippen molar-refractivity contribution in [2.75, 3.05) is 26.2 Å². The van der Waals surface area contributed by atoms with Gasteiger partial charge in [0.15, 0.2) is 5.97 Å². The minimum Gasteiger partial charge on any atom is -0.388 e. The Hall–Kier alpha value is -2.93. The maximum Gasteiger partial charge on any atom is 0.394 e. The number of nitrogens with one attached hydrogen (secondary N) is 4. The monoisotopic (exact) mass is 634 g/mol. The number of nitrogens with zero attached hydrogens (tertiary/aromatic N) is 2. The molecule has 5 atom stereocenters. The highest BCUT2D eigenvalue weighted by Crippen LogP contribution is 2.36. The molecule has 0 radical (unpaired) electrons. The molecule has 0 aromatic heterocycles. The smallest absolute Gasteiger partial charge is 0.388 e. The van der Waals surface area contributed by atoms with Crippen molar-refractivity contribution in [3.8, 4) is 6.07 Å². The van der Waals surface area contributed by atoms with Crippen LogP contribution >= 0.6 is 0 Å².